The number of rotatable bonds is 2. The molecule has 2 aliphatic rings. The largest absolute Gasteiger partial charge is 0.342 e. The van der Waals surface area contributed by atoms with Crippen molar-refractivity contribution in [1.82, 2.24) is 10.2 Å². The lowest BCUT2D eigenvalue weighted by molar-refractivity contribution is -0.136. The van der Waals surface area contributed by atoms with Crippen molar-refractivity contribution in [2.24, 2.45) is 17.6 Å². The van der Waals surface area contributed by atoms with Gasteiger partial charge in [0.25, 0.3) is 0 Å². The normalized spacial score (nSPS) is 28.9. The van der Waals surface area contributed by atoms with Crippen LogP contribution < -0.4 is 11.1 Å². The zero-order chi connectivity index (χ0) is 11.7. The fourth-order valence-corrected chi connectivity index (χ4v) is 2.35. The lowest BCUT2D eigenvalue weighted by Gasteiger charge is -2.32. The van der Waals surface area contributed by atoms with Gasteiger partial charge in [-0.05, 0) is 6.42 Å². The molecule has 0 aliphatic carbocycles. The second kappa shape index (κ2) is 4.21. The molecule has 2 saturated heterocycles. The molecule has 0 aromatic rings. The minimum absolute atomic E-state index is 0.0342. The Kier molecular flexibility index (Phi) is 2.91. The molecule has 2 heterocycles. The summed E-state index contributed by atoms with van der Waals surface area (Å²) in [4.78, 5) is 36.1. The third-order valence-corrected chi connectivity index (χ3v) is 3.24. The van der Waals surface area contributed by atoms with Crippen LogP contribution in [0.5, 0.6) is 0 Å². The van der Waals surface area contributed by atoms with E-state index in [0.717, 1.165) is 0 Å². The maximum absolute atomic E-state index is 11.6. The van der Waals surface area contributed by atoms with Crippen molar-refractivity contribution in [2.45, 2.75) is 12.8 Å². The van der Waals surface area contributed by atoms with Crippen LogP contribution in [0.4, 0.5) is 0 Å². The molecule has 3 amide bonds. The van der Waals surface area contributed by atoms with Gasteiger partial charge in [-0.15, -0.1) is 0 Å². The van der Waals surface area contributed by atoms with Crippen LogP contribution in [0.2, 0.25) is 0 Å². The van der Waals surface area contributed by atoms with Crippen LogP contribution in [0.3, 0.4) is 0 Å². The molecule has 0 unspecified atom stereocenters. The summed E-state index contributed by atoms with van der Waals surface area (Å²) in [6.07, 6.45) is 0.867. The molecule has 0 aromatic heterocycles. The average molecular weight is 225 g/mol. The van der Waals surface area contributed by atoms with Gasteiger partial charge in [0.15, 0.2) is 0 Å². The number of imide groups is 1. The van der Waals surface area contributed by atoms with Crippen molar-refractivity contribution in [3.05, 3.63) is 0 Å². The fraction of sp³-hybridized carbons (Fsp3) is 0.700. The van der Waals surface area contributed by atoms with Gasteiger partial charge in [-0.2, -0.15) is 0 Å². The lowest BCUT2D eigenvalue weighted by atomic mass is 9.87. The predicted octanol–water partition coefficient (Wildman–Crippen LogP) is -1.54. The molecular weight excluding hydrogens is 210 g/mol. The molecule has 0 saturated carbocycles. The molecule has 6 heteroatoms. The monoisotopic (exact) mass is 225 g/mol. The molecule has 88 valence electrons. The van der Waals surface area contributed by atoms with Crippen molar-refractivity contribution in [3.8, 4) is 0 Å². The third kappa shape index (κ3) is 1.80. The molecule has 0 radical (unpaired) electrons. The van der Waals surface area contributed by atoms with E-state index in [1.807, 2.05) is 0 Å². The zero-order valence-electron chi connectivity index (χ0n) is 8.94. The molecule has 2 atom stereocenters. The maximum atomic E-state index is 11.6. The van der Waals surface area contributed by atoms with Crippen LogP contribution >= 0.6 is 0 Å². The van der Waals surface area contributed by atoms with Gasteiger partial charge in [-0.3, -0.25) is 19.7 Å². The number of likely N-dealkylation sites (tertiary alicyclic amines) is 1. The number of amides is 3. The SMILES string of the molecule is NCCC(=O)N1CC[C@@H]2C(=O)NC(=O)[C@H]2C1. The molecule has 2 rings (SSSR count). The molecule has 2 fully saturated rings. The number of hydrogen-bond acceptors (Lipinski definition) is 4. The quantitative estimate of drug-likeness (QED) is 0.557. The van der Waals surface area contributed by atoms with Gasteiger partial charge in [0, 0.05) is 26.1 Å². The molecule has 0 spiro atoms. The summed E-state index contributed by atoms with van der Waals surface area (Å²) in [6, 6.07) is 0. The van der Waals surface area contributed by atoms with Gasteiger partial charge >= 0.3 is 0 Å². The van der Waals surface area contributed by atoms with Crippen molar-refractivity contribution in [1.29, 1.82) is 0 Å². The van der Waals surface area contributed by atoms with Gasteiger partial charge in [0.1, 0.15) is 0 Å². The number of nitrogens with one attached hydrogen (secondary N) is 1. The van der Waals surface area contributed by atoms with Gasteiger partial charge in [-0.1, -0.05) is 0 Å². The van der Waals surface area contributed by atoms with E-state index in [9.17, 15) is 14.4 Å². The number of fused-ring (bicyclic) bond motifs is 1. The summed E-state index contributed by atoms with van der Waals surface area (Å²) in [5.74, 6) is -1.08. The highest BCUT2D eigenvalue weighted by molar-refractivity contribution is 6.05. The second-order valence-electron chi connectivity index (χ2n) is 4.23. The van der Waals surface area contributed by atoms with Crippen LogP contribution in [-0.4, -0.2) is 42.3 Å². The first-order valence-corrected chi connectivity index (χ1v) is 5.46. The van der Waals surface area contributed by atoms with E-state index in [1.165, 1.54) is 0 Å². The van der Waals surface area contributed by atoms with Crippen molar-refractivity contribution in [3.63, 3.8) is 0 Å². The predicted molar refractivity (Wildman–Crippen MR) is 55.0 cm³/mol. The Bertz CT molecular complexity index is 342. The molecule has 3 N–H and O–H groups in total. The van der Waals surface area contributed by atoms with E-state index in [2.05, 4.69) is 5.32 Å². The van der Waals surface area contributed by atoms with E-state index in [4.69, 9.17) is 5.73 Å². The van der Waals surface area contributed by atoms with Gasteiger partial charge in [-0.25, -0.2) is 0 Å². The molecule has 16 heavy (non-hydrogen) atoms. The summed E-state index contributed by atoms with van der Waals surface area (Å²) in [6.45, 7) is 1.20. The summed E-state index contributed by atoms with van der Waals surface area (Å²) in [5.41, 5.74) is 5.31. The minimum atomic E-state index is -0.358. The van der Waals surface area contributed by atoms with Crippen LogP contribution in [0.15, 0.2) is 0 Å². The van der Waals surface area contributed by atoms with Crippen molar-refractivity contribution in [2.75, 3.05) is 19.6 Å². The van der Waals surface area contributed by atoms with Crippen LogP contribution in [0.1, 0.15) is 12.8 Å². The smallest absolute Gasteiger partial charge is 0.232 e. The van der Waals surface area contributed by atoms with E-state index >= 15 is 0 Å². The Balaban J connectivity index is 2.02. The molecule has 0 aromatic carbocycles. The van der Waals surface area contributed by atoms with E-state index < -0.39 is 0 Å². The van der Waals surface area contributed by atoms with Gasteiger partial charge < -0.3 is 10.6 Å². The number of hydrogen-bond donors (Lipinski definition) is 2. The highest BCUT2D eigenvalue weighted by Crippen LogP contribution is 2.28. The van der Waals surface area contributed by atoms with Crippen LogP contribution in [-0.2, 0) is 14.4 Å². The minimum Gasteiger partial charge on any atom is -0.342 e. The van der Waals surface area contributed by atoms with E-state index in [1.54, 1.807) is 4.90 Å². The van der Waals surface area contributed by atoms with E-state index in [-0.39, 0.29) is 29.6 Å². The first-order valence-electron chi connectivity index (χ1n) is 5.46. The van der Waals surface area contributed by atoms with Crippen molar-refractivity contribution >= 4 is 17.7 Å². The first kappa shape index (κ1) is 11.1. The average Bonchev–Trinajstić information content (AvgIpc) is 2.55. The van der Waals surface area contributed by atoms with Gasteiger partial charge in [0.2, 0.25) is 17.7 Å². The second-order valence-corrected chi connectivity index (χ2v) is 4.23. The number of nitrogens with zero attached hydrogens (tertiary/aromatic N) is 1. The highest BCUT2D eigenvalue weighted by atomic mass is 16.2. The lowest BCUT2D eigenvalue weighted by Crippen LogP contribution is -2.45. The topological polar surface area (TPSA) is 92.5 Å². The fourth-order valence-electron chi connectivity index (χ4n) is 2.35. The number of nitrogens with two attached hydrogens (primary N) is 1. The Hall–Kier alpha value is -1.43. The number of carbonyl (C=O) groups excluding carboxylic acids is 3. The Morgan fingerprint density at radius 2 is 2.06 bits per heavy atom. The van der Waals surface area contributed by atoms with Crippen LogP contribution in [0.25, 0.3) is 0 Å². The van der Waals surface area contributed by atoms with Gasteiger partial charge in [0.05, 0.1) is 11.8 Å². The summed E-state index contributed by atoms with van der Waals surface area (Å²) in [5, 5.41) is 2.31. The third-order valence-electron chi connectivity index (χ3n) is 3.24. The summed E-state index contributed by atoms with van der Waals surface area (Å²) < 4.78 is 0. The summed E-state index contributed by atoms with van der Waals surface area (Å²) in [7, 11) is 0. The number of carbonyl (C=O) groups is 3. The standard InChI is InChI=1S/C10H15N3O3/c11-3-1-8(14)13-4-2-6-7(5-13)10(16)12-9(6)15/h6-7H,1-5,11H2,(H,12,15,16)/t6-,7-/m0/s1. The molecular formula is C10H15N3O3. The zero-order valence-corrected chi connectivity index (χ0v) is 8.94. The molecule has 6 nitrogen and oxygen atoms in total. The van der Waals surface area contributed by atoms with Crippen molar-refractivity contribution < 1.29 is 14.4 Å². The molecule has 2 aliphatic heterocycles. The first-order chi connectivity index (χ1) is 7.63. The Morgan fingerprint density at radius 3 is 2.75 bits per heavy atom. The Morgan fingerprint density at radius 1 is 1.38 bits per heavy atom. The highest BCUT2D eigenvalue weighted by Gasteiger charge is 2.45. The molecule has 0 bridgehead atoms. The number of piperidine rings is 1. The maximum Gasteiger partial charge on any atom is 0.232 e. The van der Waals surface area contributed by atoms with Crippen LogP contribution in [0, 0.1) is 11.8 Å². The van der Waals surface area contributed by atoms with E-state index in [0.29, 0.717) is 32.5 Å². The summed E-state index contributed by atoms with van der Waals surface area (Å²) >= 11 is 0. The Labute approximate surface area is 93.1 Å².